The molecular formula is C13H17BrN2O. The van der Waals surface area contributed by atoms with Crippen LogP contribution in [0.25, 0.3) is 0 Å². The molecule has 0 radical (unpaired) electrons. The minimum absolute atomic E-state index is 0.551. The van der Waals surface area contributed by atoms with Crippen LogP contribution >= 0.6 is 15.9 Å². The van der Waals surface area contributed by atoms with Gasteiger partial charge in [0.15, 0.2) is 0 Å². The Morgan fingerprint density at radius 3 is 2.88 bits per heavy atom. The number of rotatable bonds is 6. The van der Waals surface area contributed by atoms with Crippen LogP contribution in [0, 0.1) is 17.2 Å². The molecule has 0 spiro atoms. The molecule has 0 aliphatic carbocycles. The van der Waals surface area contributed by atoms with Crippen LogP contribution in [0.1, 0.15) is 19.4 Å². The first-order valence-electron chi connectivity index (χ1n) is 5.64. The topological polar surface area (TPSA) is 45.0 Å². The molecule has 0 aromatic heterocycles. The van der Waals surface area contributed by atoms with Crippen molar-refractivity contribution in [3.63, 3.8) is 0 Å². The van der Waals surface area contributed by atoms with E-state index in [2.05, 4.69) is 41.2 Å². The summed E-state index contributed by atoms with van der Waals surface area (Å²) in [6.07, 6.45) is 0. The SMILES string of the molecule is CC(C)COCCNc1cc(Br)ccc1C#N. The van der Waals surface area contributed by atoms with Crippen LogP contribution in [0.15, 0.2) is 22.7 Å². The molecule has 17 heavy (non-hydrogen) atoms. The molecule has 92 valence electrons. The minimum atomic E-state index is 0.551. The number of anilines is 1. The molecule has 0 saturated heterocycles. The Kier molecular flexibility index (Phi) is 6.03. The Morgan fingerprint density at radius 1 is 1.47 bits per heavy atom. The van der Waals surface area contributed by atoms with Crippen LogP contribution in [-0.2, 0) is 4.74 Å². The zero-order chi connectivity index (χ0) is 12.7. The highest BCUT2D eigenvalue weighted by Crippen LogP contribution is 2.20. The van der Waals surface area contributed by atoms with Crippen molar-refractivity contribution in [1.82, 2.24) is 0 Å². The number of nitriles is 1. The third kappa shape index (κ3) is 5.20. The maximum atomic E-state index is 8.95. The summed E-state index contributed by atoms with van der Waals surface area (Å²) in [5.41, 5.74) is 1.49. The Hall–Kier alpha value is -1.05. The second kappa shape index (κ2) is 7.31. The van der Waals surface area contributed by atoms with E-state index in [1.54, 1.807) is 6.07 Å². The highest BCUT2D eigenvalue weighted by molar-refractivity contribution is 9.10. The third-order valence-electron chi connectivity index (χ3n) is 2.12. The van der Waals surface area contributed by atoms with Crippen molar-refractivity contribution in [2.45, 2.75) is 13.8 Å². The van der Waals surface area contributed by atoms with Gasteiger partial charge in [0.2, 0.25) is 0 Å². The van der Waals surface area contributed by atoms with E-state index in [9.17, 15) is 0 Å². The molecule has 0 atom stereocenters. The molecule has 1 aromatic rings. The number of halogens is 1. The first-order valence-corrected chi connectivity index (χ1v) is 6.44. The third-order valence-corrected chi connectivity index (χ3v) is 2.61. The Labute approximate surface area is 111 Å². The fourth-order valence-electron chi connectivity index (χ4n) is 1.34. The zero-order valence-electron chi connectivity index (χ0n) is 10.2. The molecule has 0 heterocycles. The summed E-state index contributed by atoms with van der Waals surface area (Å²) in [6, 6.07) is 7.71. The van der Waals surface area contributed by atoms with Gasteiger partial charge in [0.25, 0.3) is 0 Å². The molecule has 4 heteroatoms. The fourth-order valence-corrected chi connectivity index (χ4v) is 1.70. The van der Waals surface area contributed by atoms with E-state index in [1.807, 2.05) is 12.1 Å². The van der Waals surface area contributed by atoms with Gasteiger partial charge in [-0.2, -0.15) is 5.26 Å². The first kappa shape index (κ1) is 14.0. The predicted molar refractivity (Wildman–Crippen MR) is 73.0 cm³/mol. The van der Waals surface area contributed by atoms with Crippen LogP contribution in [-0.4, -0.2) is 19.8 Å². The molecule has 0 unspecified atom stereocenters. The summed E-state index contributed by atoms with van der Waals surface area (Å²) < 4.78 is 6.42. The second-order valence-electron chi connectivity index (χ2n) is 4.20. The van der Waals surface area contributed by atoms with E-state index in [1.165, 1.54) is 0 Å². The smallest absolute Gasteiger partial charge is 0.101 e. The number of benzene rings is 1. The number of ether oxygens (including phenoxy) is 1. The molecule has 0 aliphatic heterocycles. The molecule has 1 aromatic carbocycles. The average Bonchev–Trinajstić information content (AvgIpc) is 2.28. The lowest BCUT2D eigenvalue weighted by molar-refractivity contribution is 0.118. The van der Waals surface area contributed by atoms with Gasteiger partial charge in [0.05, 0.1) is 17.9 Å². The van der Waals surface area contributed by atoms with Crippen LogP contribution in [0.4, 0.5) is 5.69 Å². The maximum Gasteiger partial charge on any atom is 0.101 e. The summed E-state index contributed by atoms with van der Waals surface area (Å²) in [6.45, 7) is 6.36. The van der Waals surface area contributed by atoms with Gasteiger partial charge in [-0.05, 0) is 24.1 Å². The molecule has 1 N–H and O–H groups in total. The minimum Gasteiger partial charge on any atom is -0.382 e. The predicted octanol–water partition coefficient (Wildman–Crippen LogP) is 3.41. The summed E-state index contributed by atoms with van der Waals surface area (Å²) in [4.78, 5) is 0. The summed E-state index contributed by atoms with van der Waals surface area (Å²) >= 11 is 3.39. The number of nitrogens with one attached hydrogen (secondary N) is 1. The normalized spacial score (nSPS) is 10.3. The van der Waals surface area contributed by atoms with E-state index in [-0.39, 0.29) is 0 Å². The van der Waals surface area contributed by atoms with Crippen molar-refractivity contribution in [2.75, 3.05) is 25.1 Å². The highest BCUT2D eigenvalue weighted by Gasteiger charge is 2.02. The van der Waals surface area contributed by atoms with Gasteiger partial charge in [-0.3, -0.25) is 0 Å². The summed E-state index contributed by atoms with van der Waals surface area (Å²) in [5, 5.41) is 12.1. The summed E-state index contributed by atoms with van der Waals surface area (Å²) in [7, 11) is 0. The largest absolute Gasteiger partial charge is 0.382 e. The van der Waals surface area contributed by atoms with E-state index >= 15 is 0 Å². The van der Waals surface area contributed by atoms with Crippen molar-refractivity contribution in [1.29, 1.82) is 5.26 Å². The molecule has 0 saturated carbocycles. The Morgan fingerprint density at radius 2 is 2.24 bits per heavy atom. The number of nitrogens with zero attached hydrogens (tertiary/aromatic N) is 1. The van der Waals surface area contributed by atoms with Crippen LogP contribution < -0.4 is 5.32 Å². The first-order chi connectivity index (χ1) is 8.13. The van der Waals surface area contributed by atoms with Crippen molar-refractivity contribution < 1.29 is 4.74 Å². The molecule has 0 bridgehead atoms. The fraction of sp³-hybridized carbons (Fsp3) is 0.462. The quantitative estimate of drug-likeness (QED) is 0.818. The summed E-state index contributed by atoms with van der Waals surface area (Å²) in [5.74, 6) is 0.551. The lowest BCUT2D eigenvalue weighted by Gasteiger charge is -2.10. The van der Waals surface area contributed by atoms with Gasteiger partial charge in [-0.1, -0.05) is 29.8 Å². The van der Waals surface area contributed by atoms with Crippen LogP contribution in [0.2, 0.25) is 0 Å². The Balaban J connectivity index is 2.41. The average molecular weight is 297 g/mol. The number of hydrogen-bond donors (Lipinski definition) is 1. The van der Waals surface area contributed by atoms with Gasteiger partial charge in [0, 0.05) is 17.6 Å². The van der Waals surface area contributed by atoms with Crippen molar-refractivity contribution >= 4 is 21.6 Å². The van der Waals surface area contributed by atoms with Crippen molar-refractivity contribution in [3.05, 3.63) is 28.2 Å². The van der Waals surface area contributed by atoms with Crippen molar-refractivity contribution in [3.8, 4) is 6.07 Å². The molecular weight excluding hydrogens is 280 g/mol. The van der Waals surface area contributed by atoms with Gasteiger partial charge >= 0.3 is 0 Å². The maximum absolute atomic E-state index is 8.95. The van der Waals surface area contributed by atoms with Crippen LogP contribution in [0.5, 0.6) is 0 Å². The monoisotopic (exact) mass is 296 g/mol. The van der Waals surface area contributed by atoms with Gasteiger partial charge in [-0.25, -0.2) is 0 Å². The van der Waals surface area contributed by atoms with E-state index in [4.69, 9.17) is 10.00 Å². The van der Waals surface area contributed by atoms with Gasteiger partial charge < -0.3 is 10.1 Å². The van der Waals surface area contributed by atoms with Crippen molar-refractivity contribution in [2.24, 2.45) is 5.92 Å². The van der Waals surface area contributed by atoms with Gasteiger partial charge in [-0.15, -0.1) is 0 Å². The van der Waals surface area contributed by atoms with Gasteiger partial charge in [0.1, 0.15) is 6.07 Å². The Bertz CT molecular complexity index is 399. The van der Waals surface area contributed by atoms with Crippen LogP contribution in [0.3, 0.4) is 0 Å². The van der Waals surface area contributed by atoms with E-state index < -0.39 is 0 Å². The standard InChI is InChI=1S/C13H17BrN2O/c1-10(2)9-17-6-5-16-13-7-12(14)4-3-11(13)8-15/h3-4,7,10,16H,5-6,9H2,1-2H3. The molecule has 0 aliphatic rings. The molecule has 3 nitrogen and oxygen atoms in total. The zero-order valence-corrected chi connectivity index (χ0v) is 11.8. The molecule has 0 fully saturated rings. The molecule has 1 rings (SSSR count). The second-order valence-corrected chi connectivity index (χ2v) is 5.11. The lowest BCUT2D eigenvalue weighted by Crippen LogP contribution is -2.12. The highest BCUT2D eigenvalue weighted by atomic mass is 79.9. The number of hydrogen-bond acceptors (Lipinski definition) is 3. The van der Waals surface area contributed by atoms with E-state index in [0.717, 1.165) is 16.8 Å². The lowest BCUT2D eigenvalue weighted by atomic mass is 10.2. The van der Waals surface area contributed by atoms with E-state index in [0.29, 0.717) is 24.6 Å². The molecule has 0 amide bonds.